The number of piperazine rings is 1. The van der Waals surface area contributed by atoms with E-state index in [1.54, 1.807) is 24.3 Å². The Morgan fingerprint density at radius 1 is 1.40 bits per heavy atom. The van der Waals surface area contributed by atoms with Crippen LogP contribution in [-0.2, 0) is 0 Å². The highest BCUT2D eigenvalue weighted by Gasteiger charge is 2.26. The van der Waals surface area contributed by atoms with E-state index in [0.29, 0.717) is 16.9 Å². The quantitative estimate of drug-likeness (QED) is 0.816. The van der Waals surface area contributed by atoms with E-state index in [4.69, 9.17) is 4.42 Å². The van der Waals surface area contributed by atoms with Gasteiger partial charge in [-0.05, 0) is 12.1 Å². The molecule has 2 atom stereocenters. The van der Waals surface area contributed by atoms with E-state index in [0.717, 1.165) is 19.6 Å². The first kappa shape index (κ1) is 13.0. The van der Waals surface area contributed by atoms with Gasteiger partial charge in [0.2, 0.25) is 5.89 Å². The molecule has 2 aromatic rings. The second-order valence-electron chi connectivity index (χ2n) is 4.88. The number of hydrogen-bond donors (Lipinski definition) is 2. The highest BCUT2D eigenvalue weighted by molar-refractivity contribution is 5.75. The van der Waals surface area contributed by atoms with Gasteiger partial charge in [-0.3, -0.25) is 4.79 Å². The summed E-state index contributed by atoms with van der Waals surface area (Å²) in [5.74, 6) is 0.296. The molecular formula is C15H17N3O2. The maximum atomic E-state index is 12.1. The third kappa shape index (κ3) is 2.37. The van der Waals surface area contributed by atoms with Gasteiger partial charge in [-0.2, -0.15) is 4.98 Å². The summed E-state index contributed by atoms with van der Waals surface area (Å²) in [5.41, 5.74) is 0.315. The molecule has 1 aliphatic heterocycles. The van der Waals surface area contributed by atoms with Crippen LogP contribution in [-0.4, -0.2) is 30.7 Å². The fourth-order valence-electron chi connectivity index (χ4n) is 2.54. The number of nitrogens with zero attached hydrogens (tertiary/aromatic N) is 1. The van der Waals surface area contributed by atoms with Gasteiger partial charge in [-0.25, -0.2) is 0 Å². The summed E-state index contributed by atoms with van der Waals surface area (Å²) in [6.07, 6.45) is 1.78. The minimum Gasteiger partial charge on any atom is -0.441 e. The maximum absolute atomic E-state index is 12.1. The molecule has 20 heavy (non-hydrogen) atoms. The largest absolute Gasteiger partial charge is 0.441 e. The molecular weight excluding hydrogens is 254 g/mol. The molecule has 104 valence electrons. The molecule has 0 saturated carbocycles. The lowest BCUT2D eigenvalue weighted by Gasteiger charge is -2.28. The van der Waals surface area contributed by atoms with Crippen LogP contribution in [0.2, 0.25) is 0 Å². The molecule has 0 bridgehead atoms. The molecule has 1 fully saturated rings. The van der Waals surface area contributed by atoms with Crippen molar-refractivity contribution in [2.24, 2.45) is 0 Å². The average molecular weight is 271 g/mol. The fraction of sp³-hybridized carbons (Fsp3) is 0.333. The number of para-hydroxylation sites is 1. The zero-order valence-electron chi connectivity index (χ0n) is 11.1. The van der Waals surface area contributed by atoms with Crippen LogP contribution in [0.5, 0.6) is 0 Å². The van der Waals surface area contributed by atoms with Crippen molar-refractivity contribution in [3.63, 3.8) is 0 Å². The van der Waals surface area contributed by atoms with Crippen LogP contribution in [0.4, 0.5) is 0 Å². The Hall–Kier alpha value is -1.98. The van der Waals surface area contributed by atoms with Crippen molar-refractivity contribution in [3.8, 4) is 0 Å². The summed E-state index contributed by atoms with van der Waals surface area (Å²) < 4.78 is 5.80. The van der Waals surface area contributed by atoms with Crippen LogP contribution in [0, 0.1) is 0 Å². The Bertz CT molecular complexity index is 674. The number of aromatic nitrogens is 1. The number of fused-ring (bicyclic) bond motifs is 1. The molecule has 0 spiro atoms. The molecule has 2 unspecified atom stereocenters. The van der Waals surface area contributed by atoms with Crippen molar-refractivity contribution < 1.29 is 4.42 Å². The van der Waals surface area contributed by atoms with Crippen molar-refractivity contribution >= 4 is 11.0 Å². The van der Waals surface area contributed by atoms with Crippen molar-refractivity contribution in [1.29, 1.82) is 0 Å². The number of nitrogens with one attached hydrogen (secondary N) is 2. The van der Waals surface area contributed by atoms with Crippen LogP contribution in [0.1, 0.15) is 11.8 Å². The van der Waals surface area contributed by atoms with Crippen LogP contribution in [0.3, 0.4) is 0 Å². The summed E-state index contributed by atoms with van der Waals surface area (Å²) in [5, 5.41) is 7.22. The Labute approximate surface area is 116 Å². The molecule has 2 heterocycles. The van der Waals surface area contributed by atoms with Crippen molar-refractivity contribution in [2.75, 3.05) is 19.6 Å². The molecule has 5 nitrogen and oxygen atoms in total. The SMILES string of the molecule is C=CC(c1nc(=O)c2ccccc2o1)C1CNCCN1. The fourth-order valence-corrected chi connectivity index (χ4v) is 2.54. The Kier molecular flexibility index (Phi) is 3.62. The zero-order chi connectivity index (χ0) is 13.9. The minimum atomic E-state index is -0.252. The van der Waals surface area contributed by atoms with Gasteiger partial charge >= 0.3 is 0 Å². The van der Waals surface area contributed by atoms with Crippen LogP contribution < -0.4 is 16.2 Å². The van der Waals surface area contributed by atoms with Gasteiger partial charge in [-0.15, -0.1) is 6.58 Å². The lowest BCUT2D eigenvalue weighted by atomic mass is 9.98. The Morgan fingerprint density at radius 2 is 2.25 bits per heavy atom. The normalized spacial score (nSPS) is 20.7. The Morgan fingerprint density at radius 3 is 3.00 bits per heavy atom. The van der Waals surface area contributed by atoms with Crippen molar-refractivity contribution in [1.82, 2.24) is 15.6 Å². The smallest absolute Gasteiger partial charge is 0.283 e. The first-order valence-corrected chi connectivity index (χ1v) is 6.76. The van der Waals surface area contributed by atoms with Gasteiger partial charge in [0.15, 0.2) is 0 Å². The van der Waals surface area contributed by atoms with E-state index in [-0.39, 0.29) is 17.5 Å². The topological polar surface area (TPSA) is 67.2 Å². The lowest BCUT2D eigenvalue weighted by molar-refractivity contribution is 0.354. The van der Waals surface area contributed by atoms with E-state index in [1.165, 1.54) is 0 Å². The maximum Gasteiger partial charge on any atom is 0.283 e. The molecule has 0 radical (unpaired) electrons. The first-order chi connectivity index (χ1) is 9.79. The van der Waals surface area contributed by atoms with Crippen LogP contribution in [0.25, 0.3) is 11.0 Å². The third-order valence-electron chi connectivity index (χ3n) is 3.59. The van der Waals surface area contributed by atoms with E-state index < -0.39 is 0 Å². The second-order valence-corrected chi connectivity index (χ2v) is 4.88. The van der Waals surface area contributed by atoms with E-state index in [2.05, 4.69) is 22.2 Å². The van der Waals surface area contributed by atoms with E-state index >= 15 is 0 Å². The second kappa shape index (κ2) is 5.56. The summed E-state index contributed by atoms with van der Waals surface area (Å²) in [7, 11) is 0. The van der Waals surface area contributed by atoms with Crippen molar-refractivity contribution in [2.45, 2.75) is 12.0 Å². The molecule has 1 aromatic carbocycles. The van der Waals surface area contributed by atoms with E-state index in [9.17, 15) is 4.79 Å². The highest BCUT2D eigenvalue weighted by Crippen LogP contribution is 2.21. The van der Waals surface area contributed by atoms with Crippen LogP contribution in [0.15, 0.2) is 46.1 Å². The molecule has 3 rings (SSSR count). The minimum absolute atomic E-state index is 0.125. The first-order valence-electron chi connectivity index (χ1n) is 6.76. The highest BCUT2D eigenvalue weighted by atomic mass is 16.3. The summed E-state index contributed by atoms with van der Waals surface area (Å²) >= 11 is 0. The summed E-state index contributed by atoms with van der Waals surface area (Å²) in [4.78, 5) is 16.1. The molecule has 1 aromatic heterocycles. The zero-order valence-corrected chi connectivity index (χ0v) is 11.1. The van der Waals surface area contributed by atoms with Gasteiger partial charge in [0, 0.05) is 25.7 Å². The number of rotatable bonds is 3. The average Bonchev–Trinajstić information content (AvgIpc) is 2.49. The number of hydrogen-bond acceptors (Lipinski definition) is 5. The molecule has 5 heteroatoms. The molecule has 1 saturated heterocycles. The van der Waals surface area contributed by atoms with Gasteiger partial charge in [0.25, 0.3) is 5.56 Å². The molecule has 0 amide bonds. The Balaban J connectivity index is 2.03. The van der Waals surface area contributed by atoms with Crippen molar-refractivity contribution in [3.05, 3.63) is 53.2 Å². The predicted molar refractivity (Wildman–Crippen MR) is 77.9 cm³/mol. The molecule has 1 aliphatic rings. The van der Waals surface area contributed by atoms with Gasteiger partial charge in [0.1, 0.15) is 5.58 Å². The third-order valence-corrected chi connectivity index (χ3v) is 3.59. The molecule has 2 N–H and O–H groups in total. The predicted octanol–water partition coefficient (Wildman–Crippen LogP) is 1.02. The summed E-state index contributed by atoms with van der Waals surface area (Å²) in [6.45, 7) is 6.47. The lowest BCUT2D eigenvalue weighted by Crippen LogP contribution is -2.51. The monoisotopic (exact) mass is 271 g/mol. The molecule has 0 aliphatic carbocycles. The van der Waals surface area contributed by atoms with Crippen LogP contribution >= 0.6 is 0 Å². The summed E-state index contributed by atoms with van der Waals surface area (Å²) in [6, 6.07) is 7.30. The van der Waals surface area contributed by atoms with Gasteiger partial charge < -0.3 is 15.1 Å². The number of benzene rings is 1. The standard InChI is InChI=1S/C15H17N3O2/c1-2-10(12-9-16-7-8-17-12)15-18-14(19)11-5-3-4-6-13(11)20-15/h2-6,10,12,16-17H,1,7-9H2. The van der Waals surface area contributed by atoms with Gasteiger partial charge in [0.05, 0.1) is 11.3 Å². The van der Waals surface area contributed by atoms with Gasteiger partial charge in [-0.1, -0.05) is 18.2 Å². The van der Waals surface area contributed by atoms with E-state index in [1.807, 2.05) is 6.07 Å².